The molecule has 1 fully saturated rings. The summed E-state index contributed by atoms with van der Waals surface area (Å²) in [6.07, 6.45) is 3.42. The second-order valence-electron chi connectivity index (χ2n) is 6.97. The third-order valence-electron chi connectivity index (χ3n) is 4.86. The van der Waals surface area contributed by atoms with Gasteiger partial charge in [0, 0.05) is 20.1 Å². The summed E-state index contributed by atoms with van der Waals surface area (Å²) in [5.41, 5.74) is 2.95. The molecule has 0 bridgehead atoms. The molecule has 134 valence electrons. The number of nitrogens with one attached hydrogen (secondary N) is 1. The maximum absolute atomic E-state index is 12.7. The molecule has 1 N–H and O–H groups in total. The Balaban J connectivity index is 1.53. The van der Waals surface area contributed by atoms with Crippen LogP contribution in [-0.4, -0.2) is 31.0 Å². The quantitative estimate of drug-likeness (QED) is 0.685. The lowest BCUT2D eigenvalue weighted by Crippen LogP contribution is -2.27. The summed E-state index contributed by atoms with van der Waals surface area (Å²) in [5, 5.41) is 5.09. The lowest BCUT2D eigenvalue weighted by molar-refractivity contribution is 0.0953. The Morgan fingerprint density at radius 2 is 2.08 bits per heavy atom. The lowest BCUT2D eigenvalue weighted by Gasteiger charge is -2.19. The van der Waals surface area contributed by atoms with Crippen LogP contribution in [0.3, 0.4) is 0 Å². The number of fused-ring (bicyclic) bond motifs is 1. The van der Waals surface area contributed by atoms with Gasteiger partial charge in [-0.3, -0.25) is 4.79 Å². The molecule has 0 radical (unpaired) electrons. The Morgan fingerprint density at radius 3 is 2.85 bits per heavy atom. The number of pyridine rings is 1. The monoisotopic (exact) mass is 365 g/mol. The van der Waals surface area contributed by atoms with Gasteiger partial charge in [-0.15, -0.1) is 11.3 Å². The highest BCUT2D eigenvalue weighted by molar-refractivity contribution is 7.17. The van der Waals surface area contributed by atoms with Gasteiger partial charge >= 0.3 is 0 Å². The Morgan fingerprint density at radius 1 is 1.27 bits per heavy atom. The molecule has 1 aromatic carbocycles. The van der Waals surface area contributed by atoms with E-state index in [1.807, 2.05) is 30.6 Å². The zero-order valence-corrected chi connectivity index (χ0v) is 15.8. The van der Waals surface area contributed by atoms with Crippen molar-refractivity contribution in [2.45, 2.75) is 19.3 Å². The van der Waals surface area contributed by atoms with Crippen molar-refractivity contribution in [3.05, 3.63) is 59.0 Å². The fraction of sp³-hybridized carbons (Fsp3) is 0.333. The highest BCUT2D eigenvalue weighted by Gasteiger charge is 2.23. The smallest absolute Gasteiger partial charge is 0.252 e. The number of benzene rings is 1. The number of hydrogen-bond acceptors (Lipinski definition) is 4. The molecule has 0 spiro atoms. The zero-order chi connectivity index (χ0) is 17.9. The number of rotatable bonds is 7. The van der Waals surface area contributed by atoms with Gasteiger partial charge in [0.25, 0.3) is 5.91 Å². The summed E-state index contributed by atoms with van der Waals surface area (Å²) in [5.74, 6) is 1.54. The second-order valence-corrected chi connectivity index (χ2v) is 7.89. The maximum atomic E-state index is 12.7. The molecule has 1 amide bonds. The van der Waals surface area contributed by atoms with Gasteiger partial charge in [-0.2, -0.15) is 0 Å². The highest BCUT2D eigenvalue weighted by atomic mass is 32.1. The van der Waals surface area contributed by atoms with Crippen LogP contribution in [-0.2, 0) is 6.42 Å². The number of hydrogen-bond donors (Lipinski definition) is 1. The van der Waals surface area contributed by atoms with Crippen molar-refractivity contribution in [1.82, 2.24) is 10.3 Å². The van der Waals surface area contributed by atoms with Crippen LogP contribution >= 0.6 is 11.3 Å². The fourth-order valence-corrected chi connectivity index (χ4v) is 3.86. The average Bonchev–Trinajstić information content (AvgIpc) is 3.39. The van der Waals surface area contributed by atoms with Gasteiger partial charge in [0.2, 0.25) is 0 Å². The van der Waals surface area contributed by atoms with Gasteiger partial charge in [-0.1, -0.05) is 30.3 Å². The van der Waals surface area contributed by atoms with Crippen LogP contribution in [0.5, 0.6) is 0 Å². The molecule has 4 nitrogen and oxygen atoms in total. The Hall–Kier alpha value is -2.40. The van der Waals surface area contributed by atoms with Crippen molar-refractivity contribution >= 4 is 33.3 Å². The summed E-state index contributed by atoms with van der Waals surface area (Å²) in [4.78, 5) is 19.6. The van der Waals surface area contributed by atoms with E-state index in [4.69, 9.17) is 4.98 Å². The normalized spacial score (nSPS) is 13.7. The van der Waals surface area contributed by atoms with E-state index in [1.54, 1.807) is 11.3 Å². The molecule has 2 heterocycles. The molecule has 5 heteroatoms. The number of anilines is 1. The third kappa shape index (κ3) is 3.88. The van der Waals surface area contributed by atoms with Gasteiger partial charge in [0.15, 0.2) is 0 Å². The van der Waals surface area contributed by atoms with Crippen molar-refractivity contribution in [3.8, 4) is 0 Å². The number of nitrogens with zero attached hydrogens (tertiary/aromatic N) is 2. The van der Waals surface area contributed by atoms with Crippen LogP contribution in [0, 0.1) is 5.92 Å². The van der Waals surface area contributed by atoms with Crippen molar-refractivity contribution in [3.63, 3.8) is 0 Å². The minimum absolute atomic E-state index is 0.0180. The highest BCUT2D eigenvalue weighted by Crippen LogP contribution is 2.29. The molecule has 1 aliphatic rings. The fourth-order valence-electron chi connectivity index (χ4n) is 3.02. The number of aromatic nitrogens is 1. The lowest BCUT2D eigenvalue weighted by atomic mass is 10.1. The molecule has 0 saturated heterocycles. The first-order valence-corrected chi connectivity index (χ1v) is 10.00. The molecule has 0 atom stereocenters. The summed E-state index contributed by atoms with van der Waals surface area (Å²) in [6.45, 7) is 1.64. The maximum Gasteiger partial charge on any atom is 0.252 e. The van der Waals surface area contributed by atoms with Crippen molar-refractivity contribution in [2.75, 3.05) is 25.0 Å². The summed E-state index contributed by atoms with van der Waals surface area (Å²) >= 11 is 1.58. The number of carbonyl (C=O) groups excluding carboxylic acids is 1. The zero-order valence-electron chi connectivity index (χ0n) is 14.9. The van der Waals surface area contributed by atoms with E-state index >= 15 is 0 Å². The van der Waals surface area contributed by atoms with Crippen LogP contribution in [0.2, 0.25) is 0 Å². The molecular weight excluding hydrogens is 342 g/mol. The third-order valence-corrected chi connectivity index (χ3v) is 5.80. The van der Waals surface area contributed by atoms with E-state index in [1.165, 1.54) is 18.4 Å². The molecular formula is C21H23N3OS. The minimum Gasteiger partial charge on any atom is -0.359 e. The van der Waals surface area contributed by atoms with Crippen LogP contribution in [0.25, 0.3) is 10.2 Å². The molecule has 26 heavy (non-hydrogen) atoms. The minimum atomic E-state index is 0.0180. The van der Waals surface area contributed by atoms with E-state index in [-0.39, 0.29) is 5.91 Å². The van der Waals surface area contributed by atoms with E-state index in [0.717, 1.165) is 41.1 Å². The summed E-state index contributed by atoms with van der Waals surface area (Å²) < 4.78 is 0.971. The molecule has 1 aliphatic carbocycles. The van der Waals surface area contributed by atoms with Gasteiger partial charge < -0.3 is 10.2 Å². The van der Waals surface area contributed by atoms with Crippen molar-refractivity contribution < 1.29 is 4.79 Å². The van der Waals surface area contributed by atoms with E-state index in [9.17, 15) is 4.79 Å². The SMILES string of the molecule is CN(CCc1ccccc1)c1cc(C(=O)NCC2CC2)c2sccc2n1. The predicted molar refractivity (Wildman–Crippen MR) is 108 cm³/mol. The first-order chi connectivity index (χ1) is 12.7. The Bertz CT molecular complexity index is 902. The van der Waals surface area contributed by atoms with Crippen LogP contribution < -0.4 is 10.2 Å². The number of thiophene rings is 1. The number of likely N-dealkylation sites (N-methyl/N-ethyl adjacent to an activating group) is 1. The van der Waals surface area contributed by atoms with Gasteiger partial charge in [0.05, 0.1) is 15.8 Å². The summed E-state index contributed by atoms with van der Waals surface area (Å²) in [7, 11) is 2.04. The second kappa shape index (κ2) is 7.46. The largest absolute Gasteiger partial charge is 0.359 e. The number of amides is 1. The molecule has 0 aliphatic heterocycles. The van der Waals surface area contributed by atoms with Gasteiger partial charge in [-0.25, -0.2) is 4.98 Å². The standard InChI is InChI=1S/C21H23N3OS/c1-24(11-9-15-5-3-2-4-6-15)19-13-17(20-18(23-19)10-12-26-20)21(25)22-14-16-7-8-16/h2-6,10,12-13,16H,7-9,11,14H2,1H3,(H,22,25). The van der Waals surface area contributed by atoms with Gasteiger partial charge in [-0.05, 0) is 48.3 Å². The molecule has 4 rings (SSSR count). The summed E-state index contributed by atoms with van der Waals surface area (Å²) in [6, 6.07) is 14.4. The van der Waals surface area contributed by atoms with E-state index in [0.29, 0.717) is 5.92 Å². The Kier molecular flexibility index (Phi) is 4.89. The number of carbonyl (C=O) groups is 1. The molecule has 2 aromatic heterocycles. The molecule has 0 unspecified atom stereocenters. The molecule has 3 aromatic rings. The van der Waals surface area contributed by atoms with Crippen LogP contribution in [0.1, 0.15) is 28.8 Å². The van der Waals surface area contributed by atoms with Crippen LogP contribution in [0.4, 0.5) is 5.82 Å². The first-order valence-electron chi connectivity index (χ1n) is 9.12. The molecule has 1 saturated carbocycles. The van der Waals surface area contributed by atoms with E-state index < -0.39 is 0 Å². The van der Waals surface area contributed by atoms with Gasteiger partial charge in [0.1, 0.15) is 5.82 Å². The van der Waals surface area contributed by atoms with E-state index in [2.05, 4.69) is 34.5 Å². The van der Waals surface area contributed by atoms with Crippen molar-refractivity contribution in [2.24, 2.45) is 5.92 Å². The average molecular weight is 366 g/mol. The first kappa shape index (κ1) is 17.0. The predicted octanol–water partition coefficient (Wildman–Crippen LogP) is 4.12. The Labute approximate surface area is 157 Å². The van der Waals surface area contributed by atoms with Crippen molar-refractivity contribution in [1.29, 1.82) is 0 Å². The topological polar surface area (TPSA) is 45.2 Å². The van der Waals surface area contributed by atoms with Crippen LogP contribution in [0.15, 0.2) is 47.8 Å².